The van der Waals surface area contributed by atoms with E-state index in [-0.39, 0.29) is 0 Å². The Labute approximate surface area is 104 Å². The number of ether oxygens (including phenoxy) is 2. The largest absolute Gasteiger partial charge is 0.545 e. The van der Waals surface area contributed by atoms with E-state index >= 15 is 0 Å². The fourth-order valence-electron chi connectivity index (χ4n) is 1.24. The van der Waals surface area contributed by atoms with Gasteiger partial charge in [-0.15, -0.1) is 0 Å². The Morgan fingerprint density at radius 1 is 1.17 bits per heavy atom. The summed E-state index contributed by atoms with van der Waals surface area (Å²) in [5.41, 5.74) is 0.459. The summed E-state index contributed by atoms with van der Waals surface area (Å²) in [5, 5.41) is 12.6. The predicted octanol–water partition coefficient (Wildman–Crippen LogP) is -0.0516. The predicted molar refractivity (Wildman–Crippen MR) is 62.3 cm³/mol. The van der Waals surface area contributed by atoms with Crippen LogP contribution in [0.2, 0.25) is 0 Å². The molecule has 0 aromatic heterocycles. The third-order valence-corrected chi connectivity index (χ3v) is 2.02. The van der Waals surface area contributed by atoms with Gasteiger partial charge in [-0.3, -0.25) is 4.79 Å². The minimum atomic E-state index is -1.43. The smallest absolute Gasteiger partial charge is 0.248 e. The molecule has 1 N–H and O–H groups in total. The molecule has 1 amide bonds. The van der Waals surface area contributed by atoms with Crippen LogP contribution in [0.4, 0.5) is 5.69 Å². The van der Waals surface area contributed by atoms with Gasteiger partial charge in [0.15, 0.2) is 11.5 Å². The Morgan fingerprint density at radius 2 is 1.83 bits per heavy atom. The van der Waals surface area contributed by atoms with Crippen molar-refractivity contribution in [3.8, 4) is 11.5 Å². The van der Waals surface area contributed by atoms with Crippen LogP contribution in [0, 0.1) is 0 Å². The van der Waals surface area contributed by atoms with Crippen LogP contribution in [0.15, 0.2) is 30.4 Å². The monoisotopic (exact) mass is 250 g/mol. The van der Waals surface area contributed by atoms with Crippen molar-refractivity contribution in [2.45, 2.75) is 0 Å². The molecule has 1 aromatic rings. The van der Waals surface area contributed by atoms with Crippen molar-refractivity contribution < 1.29 is 24.2 Å². The summed E-state index contributed by atoms with van der Waals surface area (Å²) in [7, 11) is 2.97. The molecule has 1 aromatic carbocycles. The summed E-state index contributed by atoms with van der Waals surface area (Å²) in [6.45, 7) is 0. The number of aliphatic carboxylic acids is 1. The summed E-state index contributed by atoms with van der Waals surface area (Å²) in [6, 6.07) is 4.78. The Bertz CT molecular complexity index is 481. The van der Waals surface area contributed by atoms with E-state index in [1.165, 1.54) is 14.2 Å². The first-order chi connectivity index (χ1) is 8.56. The van der Waals surface area contributed by atoms with E-state index in [4.69, 9.17) is 9.47 Å². The van der Waals surface area contributed by atoms with Gasteiger partial charge in [0, 0.05) is 17.8 Å². The molecule has 0 aliphatic carbocycles. The topological polar surface area (TPSA) is 87.7 Å². The fraction of sp³-hybridized carbons (Fsp3) is 0.167. The Kier molecular flexibility index (Phi) is 4.74. The van der Waals surface area contributed by atoms with Gasteiger partial charge in [0.1, 0.15) is 0 Å². The zero-order valence-electron chi connectivity index (χ0n) is 9.93. The Balaban J connectivity index is 2.79. The number of carbonyl (C=O) groups is 2. The van der Waals surface area contributed by atoms with E-state index in [1.54, 1.807) is 18.2 Å². The number of carboxylic acid groups (broad SMARTS) is 1. The van der Waals surface area contributed by atoms with Crippen LogP contribution in [0.1, 0.15) is 0 Å². The second kappa shape index (κ2) is 6.29. The molecular weight excluding hydrogens is 238 g/mol. The average Bonchev–Trinajstić information content (AvgIpc) is 2.36. The third-order valence-electron chi connectivity index (χ3n) is 2.02. The maximum absolute atomic E-state index is 11.3. The van der Waals surface area contributed by atoms with E-state index in [0.717, 1.165) is 6.08 Å². The van der Waals surface area contributed by atoms with Crippen LogP contribution in [-0.4, -0.2) is 26.1 Å². The summed E-state index contributed by atoms with van der Waals surface area (Å²) >= 11 is 0. The van der Waals surface area contributed by atoms with Gasteiger partial charge in [0.2, 0.25) is 5.91 Å². The molecule has 0 atom stereocenters. The summed E-state index contributed by atoms with van der Waals surface area (Å²) in [5.74, 6) is -1.02. The van der Waals surface area contributed by atoms with Crippen LogP contribution in [0.25, 0.3) is 0 Å². The van der Waals surface area contributed by atoms with Crippen LogP contribution in [0.5, 0.6) is 11.5 Å². The summed E-state index contributed by atoms with van der Waals surface area (Å²) in [4.78, 5) is 21.4. The average molecular weight is 250 g/mol. The van der Waals surface area contributed by atoms with E-state index in [9.17, 15) is 14.7 Å². The van der Waals surface area contributed by atoms with Crippen LogP contribution in [0.3, 0.4) is 0 Å². The number of hydrogen-bond acceptors (Lipinski definition) is 5. The number of rotatable bonds is 5. The second-order valence-electron chi connectivity index (χ2n) is 3.21. The maximum Gasteiger partial charge on any atom is 0.248 e. The van der Waals surface area contributed by atoms with Gasteiger partial charge >= 0.3 is 0 Å². The summed E-state index contributed by atoms with van der Waals surface area (Å²) < 4.78 is 10.1. The minimum absolute atomic E-state index is 0.458. The molecule has 0 bridgehead atoms. The van der Waals surface area contributed by atoms with Gasteiger partial charge in [0.25, 0.3) is 0 Å². The van der Waals surface area contributed by atoms with Gasteiger partial charge in [-0.1, -0.05) is 0 Å². The van der Waals surface area contributed by atoms with Gasteiger partial charge in [-0.05, 0) is 18.2 Å². The SMILES string of the molecule is COc1ccc(NC(=O)/C=C\C(=O)[O-])cc1OC. The standard InChI is InChI=1S/C12H13NO5/c1-17-9-4-3-8(7-10(9)18-2)13-11(14)5-6-12(15)16/h3-7H,1-2H3,(H,13,14)(H,15,16)/p-1/b6-5-. The van der Waals surface area contributed by atoms with Gasteiger partial charge in [-0.25, -0.2) is 0 Å². The molecule has 0 saturated carbocycles. The van der Waals surface area contributed by atoms with Crippen molar-refractivity contribution >= 4 is 17.6 Å². The molecule has 0 spiro atoms. The Morgan fingerprint density at radius 3 is 2.39 bits per heavy atom. The van der Waals surface area contributed by atoms with E-state index < -0.39 is 11.9 Å². The lowest BCUT2D eigenvalue weighted by molar-refractivity contribution is -0.297. The molecular formula is C12H12NO5-. The lowest BCUT2D eigenvalue weighted by Crippen LogP contribution is -2.20. The molecule has 18 heavy (non-hydrogen) atoms. The first kappa shape index (κ1) is 13.6. The highest BCUT2D eigenvalue weighted by molar-refractivity contribution is 6.02. The van der Waals surface area contributed by atoms with Crippen molar-refractivity contribution in [2.75, 3.05) is 19.5 Å². The second-order valence-corrected chi connectivity index (χ2v) is 3.21. The molecule has 6 nitrogen and oxygen atoms in total. The van der Waals surface area contributed by atoms with Gasteiger partial charge in [-0.2, -0.15) is 0 Å². The molecule has 1 rings (SSSR count). The van der Waals surface area contributed by atoms with Crippen LogP contribution < -0.4 is 19.9 Å². The van der Waals surface area contributed by atoms with E-state index in [0.29, 0.717) is 23.3 Å². The molecule has 0 saturated heterocycles. The van der Waals surface area contributed by atoms with Gasteiger partial charge < -0.3 is 24.7 Å². The molecule has 0 radical (unpaired) electrons. The highest BCUT2D eigenvalue weighted by Gasteiger charge is 2.05. The number of nitrogens with one attached hydrogen (secondary N) is 1. The highest BCUT2D eigenvalue weighted by atomic mass is 16.5. The van der Waals surface area contributed by atoms with Crippen molar-refractivity contribution in [3.63, 3.8) is 0 Å². The zero-order valence-corrected chi connectivity index (χ0v) is 9.93. The normalized spacial score (nSPS) is 10.1. The quantitative estimate of drug-likeness (QED) is 0.740. The number of amides is 1. The van der Waals surface area contributed by atoms with E-state index in [2.05, 4.69) is 5.32 Å². The van der Waals surface area contributed by atoms with Crippen LogP contribution in [-0.2, 0) is 9.59 Å². The molecule has 0 aliphatic rings. The maximum atomic E-state index is 11.3. The third kappa shape index (κ3) is 3.82. The molecule has 0 unspecified atom stereocenters. The number of carbonyl (C=O) groups excluding carboxylic acids is 2. The number of carboxylic acids is 1. The number of hydrogen-bond donors (Lipinski definition) is 1. The number of benzene rings is 1. The number of anilines is 1. The fourth-order valence-corrected chi connectivity index (χ4v) is 1.24. The summed E-state index contributed by atoms with van der Waals surface area (Å²) in [6.07, 6.45) is 1.52. The van der Waals surface area contributed by atoms with Crippen molar-refractivity contribution in [1.82, 2.24) is 0 Å². The lowest BCUT2D eigenvalue weighted by Gasteiger charge is -2.09. The molecule has 96 valence electrons. The molecule has 6 heteroatoms. The van der Waals surface area contributed by atoms with Crippen molar-refractivity contribution in [3.05, 3.63) is 30.4 Å². The lowest BCUT2D eigenvalue weighted by atomic mass is 10.2. The van der Waals surface area contributed by atoms with Crippen molar-refractivity contribution in [2.24, 2.45) is 0 Å². The first-order valence-corrected chi connectivity index (χ1v) is 4.99. The van der Waals surface area contributed by atoms with E-state index in [1.807, 2.05) is 0 Å². The van der Waals surface area contributed by atoms with Crippen LogP contribution >= 0.6 is 0 Å². The zero-order chi connectivity index (χ0) is 13.5. The first-order valence-electron chi connectivity index (χ1n) is 4.99. The van der Waals surface area contributed by atoms with Crippen molar-refractivity contribution in [1.29, 1.82) is 0 Å². The Hall–Kier alpha value is -2.50. The highest BCUT2D eigenvalue weighted by Crippen LogP contribution is 2.29. The number of methoxy groups -OCH3 is 2. The molecule has 0 fully saturated rings. The molecule has 0 aliphatic heterocycles. The minimum Gasteiger partial charge on any atom is -0.545 e. The van der Waals surface area contributed by atoms with Gasteiger partial charge in [0.05, 0.1) is 20.2 Å². The molecule has 0 heterocycles.